The zero-order valence-electron chi connectivity index (χ0n) is 7.59. The topological polar surface area (TPSA) is 55.1 Å². The van der Waals surface area contributed by atoms with E-state index in [9.17, 15) is 4.79 Å². The number of amides is 1. The summed E-state index contributed by atoms with van der Waals surface area (Å²) in [5, 5.41) is 2.76. The first-order chi connectivity index (χ1) is 5.57. The molecule has 0 spiro atoms. The molecule has 0 aromatic rings. The molecule has 0 aliphatic rings. The monoisotopic (exact) mass is 188 g/mol. The maximum atomic E-state index is 11.2. The van der Waals surface area contributed by atoms with Gasteiger partial charge in [0.1, 0.15) is 0 Å². The van der Waals surface area contributed by atoms with E-state index < -0.39 is 0 Å². The standard InChI is InChI=1S/C8H16N2OS/c1-3-6(2)8(11)10-5-4-7(9)12/h6H,3-5H2,1-2H3,(H2,9,12)(H,10,11). The molecular weight excluding hydrogens is 172 g/mol. The van der Waals surface area contributed by atoms with Crippen LogP contribution < -0.4 is 11.1 Å². The molecule has 0 aliphatic heterocycles. The third-order valence-corrected chi connectivity index (χ3v) is 1.93. The minimum Gasteiger partial charge on any atom is -0.393 e. The molecule has 0 fully saturated rings. The van der Waals surface area contributed by atoms with Gasteiger partial charge < -0.3 is 11.1 Å². The summed E-state index contributed by atoms with van der Waals surface area (Å²) < 4.78 is 0. The van der Waals surface area contributed by atoms with Gasteiger partial charge in [0.15, 0.2) is 0 Å². The highest BCUT2D eigenvalue weighted by Gasteiger charge is 2.08. The van der Waals surface area contributed by atoms with E-state index in [4.69, 9.17) is 5.73 Å². The Kier molecular flexibility index (Phi) is 5.62. The minimum absolute atomic E-state index is 0.0775. The Morgan fingerprint density at radius 2 is 2.25 bits per heavy atom. The molecular formula is C8H16N2OS. The van der Waals surface area contributed by atoms with Gasteiger partial charge in [0.25, 0.3) is 0 Å². The summed E-state index contributed by atoms with van der Waals surface area (Å²) in [6, 6.07) is 0. The molecule has 12 heavy (non-hydrogen) atoms. The van der Waals surface area contributed by atoms with Crippen LogP contribution in [0.2, 0.25) is 0 Å². The van der Waals surface area contributed by atoms with E-state index >= 15 is 0 Å². The highest BCUT2D eigenvalue weighted by atomic mass is 32.1. The van der Waals surface area contributed by atoms with Gasteiger partial charge in [0.2, 0.25) is 5.91 Å². The maximum absolute atomic E-state index is 11.2. The molecule has 0 saturated heterocycles. The molecule has 3 nitrogen and oxygen atoms in total. The Hall–Kier alpha value is -0.640. The summed E-state index contributed by atoms with van der Waals surface area (Å²) in [6.07, 6.45) is 1.44. The van der Waals surface area contributed by atoms with Crippen molar-refractivity contribution in [3.05, 3.63) is 0 Å². The van der Waals surface area contributed by atoms with Gasteiger partial charge in [0, 0.05) is 18.9 Å². The van der Waals surface area contributed by atoms with Gasteiger partial charge in [-0.1, -0.05) is 26.1 Å². The number of carbonyl (C=O) groups excluding carboxylic acids is 1. The Balaban J connectivity index is 3.50. The quantitative estimate of drug-likeness (QED) is 0.628. The third kappa shape index (κ3) is 5.07. The Labute approximate surface area is 78.7 Å². The number of nitrogens with two attached hydrogens (primary N) is 1. The lowest BCUT2D eigenvalue weighted by Crippen LogP contribution is -2.31. The molecule has 3 N–H and O–H groups in total. The second-order valence-corrected chi connectivity index (χ2v) is 3.34. The lowest BCUT2D eigenvalue weighted by molar-refractivity contribution is -0.124. The summed E-state index contributed by atoms with van der Waals surface area (Å²) in [5.41, 5.74) is 5.27. The van der Waals surface area contributed by atoms with Gasteiger partial charge in [-0.25, -0.2) is 0 Å². The highest BCUT2D eigenvalue weighted by molar-refractivity contribution is 7.80. The summed E-state index contributed by atoms with van der Waals surface area (Å²) in [7, 11) is 0. The van der Waals surface area contributed by atoms with Crippen LogP contribution in [0.4, 0.5) is 0 Å². The van der Waals surface area contributed by atoms with Crippen molar-refractivity contribution in [3.63, 3.8) is 0 Å². The van der Waals surface area contributed by atoms with E-state index in [0.29, 0.717) is 18.0 Å². The van der Waals surface area contributed by atoms with Crippen molar-refractivity contribution >= 4 is 23.1 Å². The van der Waals surface area contributed by atoms with Gasteiger partial charge >= 0.3 is 0 Å². The van der Waals surface area contributed by atoms with Crippen molar-refractivity contribution in [1.29, 1.82) is 0 Å². The number of thiocarbonyl (C=S) groups is 1. The van der Waals surface area contributed by atoms with Crippen molar-refractivity contribution in [2.45, 2.75) is 26.7 Å². The average Bonchev–Trinajstić information content (AvgIpc) is 2.02. The van der Waals surface area contributed by atoms with Crippen LogP contribution in [-0.4, -0.2) is 17.4 Å². The zero-order chi connectivity index (χ0) is 9.56. The van der Waals surface area contributed by atoms with Crippen LogP contribution in [0.1, 0.15) is 26.7 Å². The molecule has 0 radical (unpaired) electrons. The average molecular weight is 188 g/mol. The van der Waals surface area contributed by atoms with Crippen LogP contribution in [-0.2, 0) is 4.79 Å². The van der Waals surface area contributed by atoms with E-state index in [2.05, 4.69) is 17.5 Å². The Bertz CT molecular complexity index is 170. The summed E-state index contributed by atoms with van der Waals surface area (Å²) >= 11 is 4.67. The zero-order valence-corrected chi connectivity index (χ0v) is 8.41. The van der Waals surface area contributed by atoms with Gasteiger partial charge in [-0.05, 0) is 6.42 Å². The third-order valence-electron chi connectivity index (χ3n) is 1.73. The molecule has 1 atom stereocenters. The fourth-order valence-electron chi connectivity index (χ4n) is 0.669. The van der Waals surface area contributed by atoms with Gasteiger partial charge in [-0.2, -0.15) is 0 Å². The molecule has 0 aromatic carbocycles. The summed E-state index contributed by atoms with van der Waals surface area (Å²) in [6.45, 7) is 4.44. The maximum Gasteiger partial charge on any atom is 0.222 e. The van der Waals surface area contributed by atoms with Crippen molar-refractivity contribution in [1.82, 2.24) is 5.32 Å². The van der Waals surface area contributed by atoms with Crippen molar-refractivity contribution in [2.75, 3.05) is 6.54 Å². The van der Waals surface area contributed by atoms with E-state index in [1.807, 2.05) is 13.8 Å². The molecule has 0 saturated carbocycles. The van der Waals surface area contributed by atoms with Crippen molar-refractivity contribution < 1.29 is 4.79 Å². The lowest BCUT2D eigenvalue weighted by atomic mass is 10.1. The fraction of sp³-hybridized carbons (Fsp3) is 0.750. The van der Waals surface area contributed by atoms with E-state index in [0.717, 1.165) is 6.42 Å². The number of hydrogen-bond acceptors (Lipinski definition) is 2. The van der Waals surface area contributed by atoms with Crippen LogP contribution in [0.15, 0.2) is 0 Å². The van der Waals surface area contributed by atoms with Gasteiger partial charge in [-0.3, -0.25) is 4.79 Å². The molecule has 70 valence electrons. The first-order valence-corrected chi connectivity index (χ1v) is 4.54. The number of nitrogens with one attached hydrogen (secondary N) is 1. The molecule has 0 rings (SSSR count). The highest BCUT2D eigenvalue weighted by Crippen LogP contribution is 1.99. The Morgan fingerprint density at radius 3 is 2.67 bits per heavy atom. The smallest absolute Gasteiger partial charge is 0.222 e. The van der Waals surface area contributed by atoms with E-state index in [1.54, 1.807) is 0 Å². The van der Waals surface area contributed by atoms with Crippen LogP contribution in [0, 0.1) is 5.92 Å². The predicted molar refractivity (Wildman–Crippen MR) is 53.9 cm³/mol. The van der Waals surface area contributed by atoms with Gasteiger partial charge in [0.05, 0.1) is 4.99 Å². The lowest BCUT2D eigenvalue weighted by Gasteiger charge is -2.08. The van der Waals surface area contributed by atoms with Crippen LogP contribution in [0.3, 0.4) is 0 Å². The summed E-state index contributed by atoms with van der Waals surface area (Å²) in [5.74, 6) is 0.157. The molecule has 0 aliphatic carbocycles. The SMILES string of the molecule is CCC(C)C(=O)NCCC(N)=S. The first kappa shape index (κ1) is 11.4. The molecule has 1 amide bonds. The van der Waals surface area contributed by atoms with Crippen LogP contribution in [0.25, 0.3) is 0 Å². The van der Waals surface area contributed by atoms with Crippen LogP contribution in [0.5, 0.6) is 0 Å². The van der Waals surface area contributed by atoms with Gasteiger partial charge in [-0.15, -0.1) is 0 Å². The second-order valence-electron chi connectivity index (χ2n) is 2.82. The summed E-state index contributed by atoms with van der Waals surface area (Å²) in [4.78, 5) is 11.6. The molecule has 1 unspecified atom stereocenters. The van der Waals surface area contributed by atoms with Crippen molar-refractivity contribution in [3.8, 4) is 0 Å². The second kappa shape index (κ2) is 5.94. The minimum atomic E-state index is 0.0775. The Morgan fingerprint density at radius 1 is 1.67 bits per heavy atom. The van der Waals surface area contributed by atoms with E-state index in [-0.39, 0.29) is 11.8 Å². The number of rotatable bonds is 5. The van der Waals surface area contributed by atoms with Crippen LogP contribution >= 0.6 is 12.2 Å². The normalized spacial score (nSPS) is 12.2. The van der Waals surface area contributed by atoms with Crippen molar-refractivity contribution in [2.24, 2.45) is 11.7 Å². The molecule has 0 bridgehead atoms. The molecule has 4 heteroatoms. The molecule has 0 heterocycles. The largest absolute Gasteiger partial charge is 0.393 e. The predicted octanol–water partition coefficient (Wildman–Crippen LogP) is 0.825. The first-order valence-electron chi connectivity index (χ1n) is 4.14. The van der Waals surface area contributed by atoms with E-state index in [1.165, 1.54) is 0 Å². The number of carbonyl (C=O) groups is 1. The molecule has 0 aromatic heterocycles. The number of hydrogen-bond donors (Lipinski definition) is 2. The fourth-order valence-corrected chi connectivity index (χ4v) is 0.771.